The molecule has 7 heteroatoms. The van der Waals surface area contributed by atoms with Crippen LogP contribution in [0.15, 0.2) is 42.5 Å². The van der Waals surface area contributed by atoms with Gasteiger partial charge in [0, 0.05) is 29.6 Å². The van der Waals surface area contributed by atoms with Gasteiger partial charge in [0.25, 0.3) is 5.69 Å². The number of aryl methyl sites for hydroxylation is 1. The van der Waals surface area contributed by atoms with Gasteiger partial charge in [-0.05, 0) is 56.1 Å². The average Bonchev–Trinajstić information content (AvgIpc) is 2.64. The number of amides is 1. The molecule has 142 valence electrons. The topological polar surface area (TPSA) is 75.5 Å². The molecule has 2 aromatic rings. The zero-order valence-corrected chi connectivity index (χ0v) is 15.9. The second kappa shape index (κ2) is 8.50. The van der Waals surface area contributed by atoms with Gasteiger partial charge < -0.3 is 5.32 Å². The number of non-ortho nitro benzene ring substituents is 1. The fourth-order valence-corrected chi connectivity index (χ4v) is 3.55. The van der Waals surface area contributed by atoms with Gasteiger partial charge in [-0.25, -0.2) is 0 Å². The second-order valence-electron chi connectivity index (χ2n) is 6.93. The van der Waals surface area contributed by atoms with Crippen molar-refractivity contribution in [1.82, 2.24) is 4.90 Å². The molecule has 1 saturated heterocycles. The Morgan fingerprint density at radius 2 is 2.00 bits per heavy atom. The van der Waals surface area contributed by atoms with Gasteiger partial charge in [0.1, 0.15) is 0 Å². The largest absolute Gasteiger partial charge is 0.325 e. The molecule has 3 rings (SSSR count). The molecule has 27 heavy (non-hydrogen) atoms. The van der Waals surface area contributed by atoms with Crippen LogP contribution in [0.25, 0.3) is 0 Å². The first-order valence-corrected chi connectivity index (χ1v) is 9.33. The standard InChI is InChI=1S/C20H22ClN3O3/c1-14-5-6-18(24(26)27)12-19(14)22-20(25)16-7-9-23(10-8-16)13-15-3-2-4-17(21)11-15/h2-6,11-12,16H,7-10,13H2,1H3,(H,22,25). The molecule has 0 radical (unpaired) electrons. The molecule has 0 saturated carbocycles. The summed E-state index contributed by atoms with van der Waals surface area (Å²) in [5.74, 6) is -0.153. The zero-order chi connectivity index (χ0) is 19.4. The van der Waals surface area contributed by atoms with Gasteiger partial charge in [-0.1, -0.05) is 29.8 Å². The van der Waals surface area contributed by atoms with E-state index in [-0.39, 0.29) is 17.5 Å². The summed E-state index contributed by atoms with van der Waals surface area (Å²) in [4.78, 5) is 25.4. The number of piperidine rings is 1. The molecule has 1 N–H and O–H groups in total. The molecule has 1 aliphatic rings. The van der Waals surface area contributed by atoms with Crippen LogP contribution >= 0.6 is 11.6 Å². The number of nitro groups is 1. The predicted molar refractivity (Wildman–Crippen MR) is 106 cm³/mol. The smallest absolute Gasteiger partial charge is 0.271 e. The van der Waals surface area contributed by atoms with Gasteiger partial charge in [0.05, 0.1) is 10.6 Å². The highest BCUT2D eigenvalue weighted by Gasteiger charge is 2.25. The number of hydrogen-bond acceptors (Lipinski definition) is 4. The number of rotatable bonds is 5. The maximum absolute atomic E-state index is 12.6. The first-order chi connectivity index (χ1) is 12.9. The Kier molecular flexibility index (Phi) is 6.08. The van der Waals surface area contributed by atoms with Crippen LogP contribution in [-0.4, -0.2) is 28.8 Å². The summed E-state index contributed by atoms with van der Waals surface area (Å²) in [6.07, 6.45) is 1.53. The van der Waals surface area contributed by atoms with Crippen LogP contribution in [-0.2, 0) is 11.3 Å². The number of hydrogen-bond donors (Lipinski definition) is 1. The van der Waals surface area contributed by atoms with Crippen molar-refractivity contribution in [1.29, 1.82) is 0 Å². The Labute approximate surface area is 163 Å². The molecule has 0 bridgehead atoms. The predicted octanol–water partition coefficient (Wildman–Crippen LogP) is 4.41. The fraction of sp³-hybridized carbons (Fsp3) is 0.350. The lowest BCUT2D eigenvalue weighted by atomic mass is 9.95. The normalized spacial score (nSPS) is 15.5. The second-order valence-corrected chi connectivity index (χ2v) is 7.36. The van der Waals surface area contributed by atoms with Gasteiger partial charge in [0.2, 0.25) is 5.91 Å². The molecular weight excluding hydrogens is 366 g/mol. The van der Waals surface area contributed by atoms with Gasteiger partial charge in [-0.3, -0.25) is 19.8 Å². The van der Waals surface area contributed by atoms with Crippen molar-refractivity contribution in [3.05, 3.63) is 68.7 Å². The van der Waals surface area contributed by atoms with Crippen molar-refractivity contribution < 1.29 is 9.72 Å². The minimum atomic E-state index is -0.455. The summed E-state index contributed by atoms with van der Waals surface area (Å²) < 4.78 is 0. The maximum atomic E-state index is 12.6. The lowest BCUT2D eigenvalue weighted by molar-refractivity contribution is -0.384. The number of carbonyl (C=O) groups is 1. The van der Waals surface area contributed by atoms with Crippen LogP contribution in [0.5, 0.6) is 0 Å². The quantitative estimate of drug-likeness (QED) is 0.609. The number of nitrogens with one attached hydrogen (secondary N) is 1. The monoisotopic (exact) mass is 387 g/mol. The van der Waals surface area contributed by atoms with Crippen molar-refractivity contribution in [2.24, 2.45) is 5.92 Å². The molecule has 1 aliphatic heterocycles. The summed E-state index contributed by atoms with van der Waals surface area (Å²) in [6.45, 7) is 4.31. The Morgan fingerprint density at radius 3 is 2.67 bits per heavy atom. The Morgan fingerprint density at radius 1 is 1.26 bits per heavy atom. The van der Waals surface area contributed by atoms with E-state index in [1.807, 2.05) is 25.1 Å². The van der Waals surface area contributed by atoms with E-state index < -0.39 is 4.92 Å². The van der Waals surface area contributed by atoms with E-state index in [9.17, 15) is 14.9 Å². The lowest BCUT2D eigenvalue weighted by Crippen LogP contribution is -2.37. The molecule has 1 amide bonds. The summed E-state index contributed by atoms with van der Waals surface area (Å²) >= 11 is 6.03. The molecule has 1 heterocycles. The highest BCUT2D eigenvalue weighted by atomic mass is 35.5. The molecule has 0 unspecified atom stereocenters. The Hall–Kier alpha value is -2.44. The summed E-state index contributed by atoms with van der Waals surface area (Å²) in [5.41, 5.74) is 2.47. The van der Waals surface area contributed by atoms with Crippen molar-refractivity contribution >= 4 is 28.9 Å². The minimum Gasteiger partial charge on any atom is -0.325 e. The number of halogens is 1. The zero-order valence-electron chi connectivity index (χ0n) is 15.2. The molecule has 0 spiro atoms. The van der Waals surface area contributed by atoms with E-state index in [4.69, 9.17) is 11.6 Å². The number of benzene rings is 2. The summed E-state index contributed by atoms with van der Waals surface area (Å²) in [5, 5.41) is 14.5. The van der Waals surface area contributed by atoms with Gasteiger partial charge in [-0.2, -0.15) is 0 Å². The highest BCUT2D eigenvalue weighted by molar-refractivity contribution is 6.30. The van der Waals surface area contributed by atoms with Crippen molar-refractivity contribution in [3.8, 4) is 0 Å². The van der Waals surface area contributed by atoms with Gasteiger partial charge in [0.15, 0.2) is 0 Å². The first kappa shape index (κ1) is 19.3. The van der Waals surface area contributed by atoms with Crippen molar-refractivity contribution in [3.63, 3.8) is 0 Å². The van der Waals surface area contributed by atoms with Crippen LogP contribution in [0, 0.1) is 23.0 Å². The lowest BCUT2D eigenvalue weighted by Gasteiger charge is -2.31. The Bertz CT molecular complexity index is 848. The van der Waals surface area contributed by atoms with Crippen molar-refractivity contribution in [2.75, 3.05) is 18.4 Å². The van der Waals surface area contributed by atoms with Crippen LogP contribution < -0.4 is 5.32 Å². The molecule has 0 aromatic heterocycles. The SMILES string of the molecule is Cc1ccc([N+](=O)[O-])cc1NC(=O)C1CCN(Cc2cccc(Cl)c2)CC1. The number of carbonyl (C=O) groups excluding carboxylic acids is 1. The number of nitrogens with zero attached hydrogens (tertiary/aromatic N) is 2. The number of nitro benzene ring substituents is 1. The third-order valence-electron chi connectivity index (χ3n) is 4.94. The molecule has 1 fully saturated rings. The molecule has 2 aromatic carbocycles. The maximum Gasteiger partial charge on any atom is 0.271 e. The summed E-state index contributed by atoms with van der Waals surface area (Å²) in [6, 6.07) is 12.3. The number of anilines is 1. The van der Waals surface area contributed by atoms with Crippen LogP contribution in [0.2, 0.25) is 5.02 Å². The average molecular weight is 388 g/mol. The summed E-state index contributed by atoms with van der Waals surface area (Å²) in [7, 11) is 0. The highest BCUT2D eigenvalue weighted by Crippen LogP contribution is 2.25. The third-order valence-corrected chi connectivity index (χ3v) is 5.18. The Balaban J connectivity index is 1.56. The van der Waals surface area contributed by atoms with E-state index in [2.05, 4.69) is 16.3 Å². The molecular formula is C20H22ClN3O3. The molecule has 0 atom stereocenters. The van der Waals surface area contributed by atoms with E-state index in [0.29, 0.717) is 5.69 Å². The van der Waals surface area contributed by atoms with E-state index in [1.54, 1.807) is 6.07 Å². The number of likely N-dealkylation sites (tertiary alicyclic amines) is 1. The van der Waals surface area contributed by atoms with Crippen LogP contribution in [0.3, 0.4) is 0 Å². The van der Waals surface area contributed by atoms with Crippen LogP contribution in [0.1, 0.15) is 24.0 Å². The van der Waals surface area contributed by atoms with E-state index in [0.717, 1.165) is 48.6 Å². The van der Waals surface area contributed by atoms with E-state index >= 15 is 0 Å². The minimum absolute atomic E-state index is 0.0211. The van der Waals surface area contributed by atoms with Crippen LogP contribution in [0.4, 0.5) is 11.4 Å². The molecule has 0 aliphatic carbocycles. The molecule has 6 nitrogen and oxygen atoms in total. The first-order valence-electron chi connectivity index (χ1n) is 8.95. The van der Waals surface area contributed by atoms with E-state index in [1.165, 1.54) is 12.1 Å². The van der Waals surface area contributed by atoms with Gasteiger partial charge >= 0.3 is 0 Å². The van der Waals surface area contributed by atoms with Gasteiger partial charge in [-0.15, -0.1) is 0 Å². The van der Waals surface area contributed by atoms with Crippen molar-refractivity contribution in [2.45, 2.75) is 26.3 Å². The third kappa shape index (κ3) is 5.05. The fourth-order valence-electron chi connectivity index (χ4n) is 3.34.